The van der Waals surface area contributed by atoms with Crippen molar-refractivity contribution < 1.29 is 13.9 Å². The molecule has 0 atom stereocenters. The number of nitrogens with zero attached hydrogens (tertiary/aromatic N) is 2. The second-order valence-electron chi connectivity index (χ2n) is 7.10. The second-order valence-corrected chi connectivity index (χ2v) is 8.11. The molecule has 4 rings (SSSR count). The minimum absolute atomic E-state index is 0.329. The van der Waals surface area contributed by atoms with E-state index in [0.29, 0.717) is 35.6 Å². The first-order valence-corrected chi connectivity index (χ1v) is 11.0. The molecule has 1 aromatic heterocycles. The number of benzene rings is 3. The van der Waals surface area contributed by atoms with Gasteiger partial charge in [-0.3, -0.25) is 4.79 Å². The van der Waals surface area contributed by atoms with Crippen LogP contribution in [0.15, 0.2) is 77.8 Å². The lowest BCUT2D eigenvalue weighted by atomic mass is 10.0. The van der Waals surface area contributed by atoms with Gasteiger partial charge in [-0.05, 0) is 48.7 Å². The lowest BCUT2D eigenvalue weighted by Gasteiger charge is -2.06. The molecule has 4 nitrogen and oxygen atoms in total. The van der Waals surface area contributed by atoms with Gasteiger partial charge in [0.25, 0.3) is 5.91 Å². The fourth-order valence-corrected chi connectivity index (χ4v) is 4.50. The van der Waals surface area contributed by atoms with Crippen LogP contribution in [0.2, 0.25) is 0 Å². The van der Waals surface area contributed by atoms with Crippen LogP contribution in [0, 0.1) is 5.82 Å². The van der Waals surface area contributed by atoms with E-state index in [2.05, 4.69) is 17.1 Å². The molecule has 6 heteroatoms. The Hall–Kier alpha value is -3.09. The van der Waals surface area contributed by atoms with E-state index in [4.69, 9.17) is 4.74 Å². The summed E-state index contributed by atoms with van der Waals surface area (Å²) in [6, 6.07) is 22.6. The molecule has 31 heavy (non-hydrogen) atoms. The summed E-state index contributed by atoms with van der Waals surface area (Å²) < 4.78 is 22.4. The standard InChI is InChI=1S/C25H23FN2O2S/c1-2-30-16-15-28-23-21(26)9-6-10-22(23)31-25(28)27-24(29)20-13-11-19(12-14-20)17-18-7-4-3-5-8-18/h3-14H,2,15-17H2,1H3. The van der Waals surface area contributed by atoms with Crippen LogP contribution in [-0.2, 0) is 17.7 Å². The van der Waals surface area contributed by atoms with Crippen molar-refractivity contribution >= 4 is 27.5 Å². The lowest BCUT2D eigenvalue weighted by Crippen LogP contribution is -2.20. The highest BCUT2D eigenvalue weighted by Gasteiger charge is 2.12. The average molecular weight is 435 g/mol. The van der Waals surface area contributed by atoms with E-state index >= 15 is 0 Å². The average Bonchev–Trinajstić information content (AvgIpc) is 3.13. The maximum atomic E-state index is 14.5. The topological polar surface area (TPSA) is 43.6 Å². The van der Waals surface area contributed by atoms with Gasteiger partial charge in [-0.2, -0.15) is 4.99 Å². The first kappa shape index (κ1) is 21.2. The maximum absolute atomic E-state index is 14.5. The zero-order valence-corrected chi connectivity index (χ0v) is 18.1. The van der Waals surface area contributed by atoms with Gasteiger partial charge in [-0.15, -0.1) is 0 Å². The first-order valence-electron chi connectivity index (χ1n) is 10.2. The quantitative estimate of drug-likeness (QED) is 0.375. The maximum Gasteiger partial charge on any atom is 0.279 e. The first-order chi connectivity index (χ1) is 15.2. The second kappa shape index (κ2) is 9.81. The monoisotopic (exact) mass is 434 g/mol. The van der Waals surface area contributed by atoms with Crippen molar-refractivity contribution in [2.24, 2.45) is 4.99 Å². The molecule has 0 spiro atoms. The minimum atomic E-state index is -0.344. The van der Waals surface area contributed by atoms with Crippen LogP contribution in [-0.4, -0.2) is 23.7 Å². The summed E-state index contributed by atoms with van der Waals surface area (Å²) in [6.45, 7) is 3.34. The Bertz CT molecular complexity index is 1240. The van der Waals surface area contributed by atoms with Gasteiger partial charge in [0, 0.05) is 18.7 Å². The predicted molar refractivity (Wildman–Crippen MR) is 122 cm³/mol. The highest BCUT2D eigenvalue weighted by Crippen LogP contribution is 2.20. The molecule has 0 aliphatic rings. The van der Waals surface area contributed by atoms with Gasteiger partial charge in [0.1, 0.15) is 5.82 Å². The van der Waals surface area contributed by atoms with Crippen LogP contribution < -0.4 is 4.80 Å². The summed E-state index contributed by atoms with van der Waals surface area (Å²) in [7, 11) is 0. The Morgan fingerprint density at radius 2 is 1.74 bits per heavy atom. The van der Waals surface area contributed by atoms with Crippen molar-refractivity contribution in [2.45, 2.75) is 19.9 Å². The van der Waals surface area contributed by atoms with E-state index in [1.54, 1.807) is 22.8 Å². The van der Waals surface area contributed by atoms with Crippen LogP contribution in [0.5, 0.6) is 0 Å². The van der Waals surface area contributed by atoms with Crippen LogP contribution in [0.1, 0.15) is 28.4 Å². The van der Waals surface area contributed by atoms with Crippen molar-refractivity contribution in [3.8, 4) is 0 Å². The Labute approximate surface area is 184 Å². The number of carbonyl (C=O) groups excluding carboxylic acids is 1. The van der Waals surface area contributed by atoms with Gasteiger partial charge in [-0.25, -0.2) is 4.39 Å². The number of fused-ring (bicyclic) bond motifs is 1. The third-order valence-electron chi connectivity index (χ3n) is 4.96. The van der Waals surface area contributed by atoms with E-state index < -0.39 is 0 Å². The fourth-order valence-electron chi connectivity index (χ4n) is 3.43. The third kappa shape index (κ3) is 4.98. The van der Waals surface area contributed by atoms with E-state index in [-0.39, 0.29) is 11.7 Å². The summed E-state index contributed by atoms with van der Waals surface area (Å²) in [6.07, 6.45) is 0.805. The lowest BCUT2D eigenvalue weighted by molar-refractivity contribution is 0.0996. The molecule has 158 valence electrons. The number of hydrogen-bond acceptors (Lipinski definition) is 3. The van der Waals surface area contributed by atoms with Crippen molar-refractivity contribution in [3.05, 3.63) is 100 Å². The van der Waals surface area contributed by atoms with Gasteiger partial charge in [-0.1, -0.05) is 59.9 Å². The predicted octanol–water partition coefficient (Wildman–Crippen LogP) is 5.21. The summed E-state index contributed by atoms with van der Waals surface area (Å²) in [5, 5.41) is 0. The van der Waals surface area contributed by atoms with E-state index in [1.165, 1.54) is 23.0 Å². The molecule has 0 radical (unpaired) electrons. The van der Waals surface area contributed by atoms with Crippen molar-refractivity contribution in [1.82, 2.24) is 4.57 Å². The molecule has 0 bridgehead atoms. The van der Waals surface area contributed by atoms with Gasteiger partial charge in [0.2, 0.25) is 0 Å². The fraction of sp³-hybridized carbons (Fsp3) is 0.200. The van der Waals surface area contributed by atoms with Crippen LogP contribution in [0.3, 0.4) is 0 Å². The number of aromatic nitrogens is 1. The molecule has 1 amide bonds. The third-order valence-corrected chi connectivity index (χ3v) is 6.01. The number of carbonyl (C=O) groups is 1. The van der Waals surface area contributed by atoms with Gasteiger partial charge in [0.15, 0.2) is 4.80 Å². The largest absolute Gasteiger partial charge is 0.380 e. The van der Waals surface area contributed by atoms with Crippen LogP contribution >= 0.6 is 11.3 Å². The smallest absolute Gasteiger partial charge is 0.279 e. The van der Waals surface area contributed by atoms with Gasteiger partial charge >= 0.3 is 0 Å². The van der Waals surface area contributed by atoms with Crippen molar-refractivity contribution in [1.29, 1.82) is 0 Å². The molecule has 0 saturated carbocycles. The molecule has 3 aromatic carbocycles. The zero-order valence-electron chi connectivity index (χ0n) is 17.3. The number of amides is 1. The summed E-state index contributed by atoms with van der Waals surface area (Å²) in [4.78, 5) is 17.6. The SMILES string of the molecule is CCOCCn1c(=NC(=O)c2ccc(Cc3ccccc3)cc2)sc2cccc(F)c21. The van der Waals surface area contributed by atoms with Crippen LogP contribution in [0.25, 0.3) is 10.2 Å². The molecule has 0 saturated heterocycles. The molecular formula is C25H23FN2O2S. The number of thiazole rings is 1. The minimum Gasteiger partial charge on any atom is -0.380 e. The number of rotatable bonds is 7. The summed E-state index contributed by atoms with van der Waals surface area (Å²) in [5.74, 6) is -0.673. The Morgan fingerprint density at radius 3 is 2.48 bits per heavy atom. The summed E-state index contributed by atoms with van der Waals surface area (Å²) in [5.41, 5.74) is 3.30. The highest BCUT2D eigenvalue weighted by molar-refractivity contribution is 7.16. The molecule has 0 aliphatic heterocycles. The molecule has 0 aliphatic carbocycles. The van der Waals surface area contributed by atoms with Crippen LogP contribution in [0.4, 0.5) is 4.39 Å². The van der Waals surface area contributed by atoms with Crippen molar-refractivity contribution in [3.63, 3.8) is 0 Å². The van der Waals surface area contributed by atoms with E-state index in [9.17, 15) is 9.18 Å². The van der Waals surface area contributed by atoms with Crippen molar-refractivity contribution in [2.75, 3.05) is 13.2 Å². The highest BCUT2D eigenvalue weighted by atomic mass is 32.1. The number of halogens is 1. The number of para-hydroxylation sites is 1. The Morgan fingerprint density at radius 1 is 1.00 bits per heavy atom. The molecule has 1 heterocycles. The van der Waals surface area contributed by atoms with E-state index in [1.807, 2.05) is 43.3 Å². The Kier molecular flexibility index (Phi) is 6.70. The molecule has 0 N–H and O–H groups in total. The molecule has 0 fully saturated rings. The molecular weight excluding hydrogens is 411 g/mol. The molecule has 4 aromatic rings. The van der Waals surface area contributed by atoms with E-state index in [0.717, 1.165) is 16.7 Å². The normalized spacial score (nSPS) is 11.9. The summed E-state index contributed by atoms with van der Waals surface area (Å²) >= 11 is 1.30. The number of hydrogen-bond donors (Lipinski definition) is 0. The molecule has 0 unspecified atom stereocenters. The van der Waals surface area contributed by atoms with Gasteiger partial charge in [0.05, 0.1) is 16.8 Å². The van der Waals surface area contributed by atoms with Gasteiger partial charge < -0.3 is 9.30 Å². The number of ether oxygens (including phenoxy) is 1. The Balaban J connectivity index is 1.62. The zero-order chi connectivity index (χ0) is 21.6.